The molecule has 86 valence electrons. The Kier molecular flexibility index (Phi) is 2.78. The average molecular weight is 317 g/mol. The summed E-state index contributed by atoms with van der Waals surface area (Å²) in [5.41, 5.74) is 1.90. The molecule has 0 saturated carbocycles. The molecule has 0 amide bonds. The van der Waals surface area contributed by atoms with Crippen molar-refractivity contribution < 1.29 is 0 Å². The summed E-state index contributed by atoms with van der Waals surface area (Å²) in [5.74, 6) is 0. The summed E-state index contributed by atoms with van der Waals surface area (Å²) in [5, 5.41) is 18.8. The second-order valence-electron chi connectivity index (χ2n) is 3.55. The molecule has 0 spiro atoms. The van der Waals surface area contributed by atoms with Crippen molar-refractivity contribution in [3.05, 3.63) is 39.9 Å². The molecule has 0 fully saturated rings. The molecule has 0 radical (unpaired) electrons. The average Bonchev–Trinajstić information content (AvgIpc) is 2.83. The highest BCUT2D eigenvalue weighted by Crippen LogP contribution is 2.30. The van der Waals surface area contributed by atoms with E-state index >= 15 is 0 Å². The fourth-order valence-corrected chi connectivity index (χ4v) is 2.81. The molecule has 18 heavy (non-hydrogen) atoms. The molecule has 0 bridgehead atoms. The Hall–Kier alpha value is -1.84. The summed E-state index contributed by atoms with van der Waals surface area (Å²) in [6.07, 6.45) is 0. The van der Waals surface area contributed by atoms with Crippen molar-refractivity contribution in [2.45, 2.75) is 0 Å². The third-order valence-corrected chi connectivity index (χ3v) is 3.85. The first-order valence-electron chi connectivity index (χ1n) is 5.07. The highest BCUT2D eigenvalue weighted by Gasteiger charge is 2.12. The molecule has 4 nitrogen and oxygen atoms in total. The highest BCUT2D eigenvalue weighted by molar-refractivity contribution is 9.11. The lowest BCUT2D eigenvalue weighted by Crippen LogP contribution is -1.90. The van der Waals surface area contributed by atoms with Gasteiger partial charge in [-0.1, -0.05) is 29.5 Å². The van der Waals surface area contributed by atoms with Gasteiger partial charge in [-0.2, -0.15) is 5.26 Å². The van der Waals surface area contributed by atoms with Gasteiger partial charge in [0.1, 0.15) is 6.07 Å². The first-order chi connectivity index (χ1) is 8.78. The number of aromatic nitrogens is 3. The van der Waals surface area contributed by atoms with E-state index in [1.54, 1.807) is 0 Å². The van der Waals surface area contributed by atoms with Gasteiger partial charge in [-0.3, -0.25) is 0 Å². The predicted octanol–water partition coefficient (Wildman–Crippen LogP) is 3.39. The molecular formula is C12H5BrN4S. The molecule has 0 N–H and O–H groups in total. The lowest BCUT2D eigenvalue weighted by molar-refractivity contribution is 1.07. The number of hydrogen-bond donors (Lipinski definition) is 0. The SMILES string of the molecule is N#Cc1nc2ccccc2cc1-c1nnc(Br)s1. The molecule has 2 aromatic heterocycles. The third-order valence-electron chi connectivity index (χ3n) is 2.46. The summed E-state index contributed by atoms with van der Waals surface area (Å²) in [6, 6.07) is 11.7. The quantitative estimate of drug-likeness (QED) is 0.690. The zero-order valence-electron chi connectivity index (χ0n) is 8.96. The lowest BCUT2D eigenvalue weighted by Gasteiger charge is -2.02. The van der Waals surface area contributed by atoms with Crippen molar-refractivity contribution in [2.75, 3.05) is 0 Å². The van der Waals surface area contributed by atoms with Crippen LogP contribution in [-0.4, -0.2) is 15.2 Å². The molecule has 3 aromatic rings. The molecule has 2 heterocycles. The van der Waals surface area contributed by atoms with Crippen molar-refractivity contribution in [3.8, 4) is 16.6 Å². The van der Waals surface area contributed by atoms with Gasteiger partial charge in [-0.25, -0.2) is 4.98 Å². The largest absolute Gasteiger partial charge is 0.236 e. The van der Waals surface area contributed by atoms with Crippen molar-refractivity contribution in [1.29, 1.82) is 5.26 Å². The second-order valence-corrected chi connectivity index (χ2v) is 5.80. The van der Waals surface area contributed by atoms with Crippen LogP contribution in [-0.2, 0) is 0 Å². The van der Waals surface area contributed by atoms with Gasteiger partial charge in [0.05, 0.1) is 5.52 Å². The van der Waals surface area contributed by atoms with Gasteiger partial charge < -0.3 is 0 Å². The fourth-order valence-electron chi connectivity index (χ4n) is 1.68. The van der Waals surface area contributed by atoms with Crippen LogP contribution in [0.1, 0.15) is 5.69 Å². The van der Waals surface area contributed by atoms with E-state index in [2.05, 4.69) is 37.2 Å². The predicted molar refractivity (Wildman–Crippen MR) is 73.1 cm³/mol. The Morgan fingerprint density at radius 1 is 1.22 bits per heavy atom. The summed E-state index contributed by atoms with van der Waals surface area (Å²) >= 11 is 4.65. The van der Waals surface area contributed by atoms with Gasteiger partial charge in [0.15, 0.2) is 14.6 Å². The normalized spacial score (nSPS) is 10.4. The molecular weight excluding hydrogens is 312 g/mol. The van der Waals surface area contributed by atoms with Gasteiger partial charge in [-0.15, -0.1) is 10.2 Å². The minimum absolute atomic E-state index is 0.373. The zero-order valence-corrected chi connectivity index (χ0v) is 11.4. The van der Waals surface area contributed by atoms with Crippen LogP contribution in [0.4, 0.5) is 0 Å². The van der Waals surface area contributed by atoms with Crippen molar-refractivity contribution in [2.24, 2.45) is 0 Å². The fraction of sp³-hybridized carbons (Fsp3) is 0. The van der Waals surface area contributed by atoms with Gasteiger partial charge in [0.25, 0.3) is 0 Å². The summed E-state index contributed by atoms with van der Waals surface area (Å²) < 4.78 is 0.689. The Morgan fingerprint density at radius 2 is 2.06 bits per heavy atom. The van der Waals surface area contributed by atoms with Gasteiger partial charge in [0.2, 0.25) is 0 Å². The van der Waals surface area contributed by atoms with E-state index in [4.69, 9.17) is 0 Å². The molecule has 0 aliphatic carbocycles. The number of nitriles is 1. The van der Waals surface area contributed by atoms with Crippen LogP contribution in [0, 0.1) is 11.3 Å². The van der Waals surface area contributed by atoms with Crippen LogP contribution in [0.2, 0.25) is 0 Å². The summed E-state index contributed by atoms with van der Waals surface area (Å²) in [4.78, 5) is 4.34. The third kappa shape index (κ3) is 1.88. The molecule has 0 aliphatic heterocycles. The number of fused-ring (bicyclic) bond motifs is 1. The van der Waals surface area contributed by atoms with Crippen LogP contribution in [0.3, 0.4) is 0 Å². The summed E-state index contributed by atoms with van der Waals surface area (Å²) in [7, 11) is 0. The number of hydrogen-bond acceptors (Lipinski definition) is 5. The minimum atomic E-state index is 0.373. The molecule has 6 heteroatoms. The van der Waals surface area contributed by atoms with E-state index < -0.39 is 0 Å². The summed E-state index contributed by atoms with van der Waals surface area (Å²) in [6.45, 7) is 0. The van der Waals surface area contributed by atoms with E-state index in [9.17, 15) is 5.26 Å². The maximum Gasteiger partial charge on any atom is 0.183 e. The van der Waals surface area contributed by atoms with E-state index in [1.165, 1.54) is 11.3 Å². The van der Waals surface area contributed by atoms with Crippen LogP contribution in [0.15, 0.2) is 34.2 Å². The Balaban J connectivity index is 2.31. The number of para-hydroxylation sites is 1. The maximum absolute atomic E-state index is 9.18. The van der Waals surface area contributed by atoms with Gasteiger partial charge in [0, 0.05) is 10.9 Å². The lowest BCUT2D eigenvalue weighted by atomic mass is 10.1. The molecule has 1 aromatic carbocycles. The number of halogens is 1. The van der Waals surface area contributed by atoms with E-state index in [0.717, 1.165) is 16.5 Å². The van der Waals surface area contributed by atoms with Crippen LogP contribution >= 0.6 is 27.3 Å². The molecule has 0 saturated heterocycles. The topological polar surface area (TPSA) is 62.5 Å². The number of rotatable bonds is 1. The Labute approximate surface area is 115 Å². The standard InChI is InChI=1S/C12H5BrN4S/c13-12-17-16-11(18-12)8-5-7-3-1-2-4-9(7)15-10(8)6-14/h1-5H. The monoisotopic (exact) mass is 316 g/mol. The maximum atomic E-state index is 9.18. The Morgan fingerprint density at radius 3 is 2.78 bits per heavy atom. The van der Waals surface area contributed by atoms with Crippen molar-refractivity contribution in [1.82, 2.24) is 15.2 Å². The van der Waals surface area contributed by atoms with Crippen molar-refractivity contribution >= 4 is 38.2 Å². The van der Waals surface area contributed by atoms with E-state index in [0.29, 0.717) is 14.6 Å². The first-order valence-corrected chi connectivity index (χ1v) is 6.68. The van der Waals surface area contributed by atoms with Crippen LogP contribution in [0.5, 0.6) is 0 Å². The molecule has 0 atom stereocenters. The van der Waals surface area contributed by atoms with Gasteiger partial charge >= 0.3 is 0 Å². The zero-order chi connectivity index (χ0) is 12.5. The number of benzene rings is 1. The molecule has 3 rings (SSSR count). The van der Waals surface area contributed by atoms with E-state index in [1.807, 2.05) is 30.3 Å². The van der Waals surface area contributed by atoms with E-state index in [-0.39, 0.29) is 0 Å². The second kappa shape index (κ2) is 4.44. The first kappa shape index (κ1) is 11.3. The van der Waals surface area contributed by atoms with Crippen LogP contribution < -0.4 is 0 Å². The minimum Gasteiger partial charge on any atom is -0.236 e. The smallest absolute Gasteiger partial charge is 0.183 e. The Bertz CT molecular complexity index is 775. The molecule has 0 aliphatic rings. The van der Waals surface area contributed by atoms with Gasteiger partial charge in [-0.05, 0) is 28.1 Å². The highest BCUT2D eigenvalue weighted by atomic mass is 79.9. The number of nitrogens with zero attached hydrogens (tertiary/aromatic N) is 4. The van der Waals surface area contributed by atoms with Crippen LogP contribution in [0.25, 0.3) is 21.5 Å². The van der Waals surface area contributed by atoms with Crippen molar-refractivity contribution in [3.63, 3.8) is 0 Å². The molecule has 0 unspecified atom stereocenters. The number of pyridine rings is 1.